The van der Waals surface area contributed by atoms with Crippen LogP contribution < -0.4 is 10.6 Å². The van der Waals surface area contributed by atoms with Crippen LogP contribution in [0.1, 0.15) is 25.1 Å². The zero-order chi connectivity index (χ0) is 14.7. The molecule has 0 saturated heterocycles. The molecule has 0 radical (unpaired) electrons. The van der Waals surface area contributed by atoms with Gasteiger partial charge in [-0.05, 0) is 38.5 Å². The van der Waals surface area contributed by atoms with Crippen LogP contribution in [0.5, 0.6) is 0 Å². The molecule has 2 aromatic rings. The van der Waals surface area contributed by atoms with E-state index in [1.165, 1.54) is 6.33 Å². The van der Waals surface area contributed by atoms with Crippen LogP contribution in [0, 0.1) is 12.7 Å². The average Bonchev–Trinajstić information content (AvgIpc) is 2.39. The number of hydrogen-bond donors (Lipinski definition) is 1. The van der Waals surface area contributed by atoms with Gasteiger partial charge in [-0.25, -0.2) is 14.4 Å². The van der Waals surface area contributed by atoms with Gasteiger partial charge in [0.1, 0.15) is 6.33 Å². The third kappa shape index (κ3) is 3.04. The molecular weight excluding hydrogens is 255 g/mol. The SMILES string of the molecule is Cc1ncnc(N(Cc2cccc(N)c2)C(C)C)c1F. The van der Waals surface area contributed by atoms with Gasteiger partial charge in [-0.3, -0.25) is 0 Å². The van der Waals surface area contributed by atoms with Crippen LogP contribution in [-0.2, 0) is 6.54 Å². The predicted octanol–water partition coefficient (Wildman–Crippen LogP) is 2.92. The van der Waals surface area contributed by atoms with Crippen LogP contribution in [0.25, 0.3) is 0 Å². The van der Waals surface area contributed by atoms with Crippen molar-refractivity contribution in [2.45, 2.75) is 33.4 Å². The molecule has 0 aliphatic heterocycles. The van der Waals surface area contributed by atoms with E-state index in [1.807, 2.05) is 43.0 Å². The second kappa shape index (κ2) is 5.86. The first-order valence-corrected chi connectivity index (χ1v) is 6.57. The van der Waals surface area contributed by atoms with E-state index in [0.717, 1.165) is 5.56 Å². The van der Waals surface area contributed by atoms with E-state index in [4.69, 9.17) is 5.73 Å². The fourth-order valence-corrected chi connectivity index (χ4v) is 2.04. The molecule has 1 aromatic heterocycles. The summed E-state index contributed by atoms with van der Waals surface area (Å²) in [6.45, 7) is 6.20. The van der Waals surface area contributed by atoms with E-state index >= 15 is 0 Å². The fourth-order valence-electron chi connectivity index (χ4n) is 2.04. The molecule has 0 atom stereocenters. The lowest BCUT2D eigenvalue weighted by Crippen LogP contribution is -2.32. The lowest BCUT2D eigenvalue weighted by atomic mass is 10.1. The minimum Gasteiger partial charge on any atom is -0.399 e. The summed E-state index contributed by atoms with van der Waals surface area (Å²) in [4.78, 5) is 9.86. The number of benzene rings is 1. The van der Waals surface area contributed by atoms with Crippen molar-refractivity contribution in [1.29, 1.82) is 0 Å². The Morgan fingerprint density at radius 2 is 2.05 bits per heavy atom. The van der Waals surface area contributed by atoms with Gasteiger partial charge in [0, 0.05) is 18.3 Å². The summed E-state index contributed by atoms with van der Waals surface area (Å²) in [5.74, 6) is -0.0416. The summed E-state index contributed by atoms with van der Waals surface area (Å²) in [6.07, 6.45) is 1.39. The van der Waals surface area contributed by atoms with Crippen LogP contribution >= 0.6 is 0 Å². The van der Waals surface area contributed by atoms with Crippen molar-refractivity contribution in [2.75, 3.05) is 10.6 Å². The number of halogens is 1. The lowest BCUT2D eigenvalue weighted by molar-refractivity contribution is 0.573. The first-order chi connectivity index (χ1) is 9.49. The number of aromatic nitrogens is 2. The van der Waals surface area contributed by atoms with Crippen LogP contribution in [-0.4, -0.2) is 16.0 Å². The lowest BCUT2D eigenvalue weighted by Gasteiger charge is -2.28. The molecule has 106 valence electrons. The topological polar surface area (TPSA) is 55.0 Å². The molecule has 0 spiro atoms. The molecule has 5 heteroatoms. The molecule has 0 fully saturated rings. The van der Waals surface area contributed by atoms with Gasteiger partial charge in [-0.15, -0.1) is 0 Å². The van der Waals surface area contributed by atoms with Crippen molar-refractivity contribution in [3.8, 4) is 0 Å². The Morgan fingerprint density at radius 3 is 2.70 bits per heavy atom. The zero-order valence-corrected chi connectivity index (χ0v) is 12.0. The van der Waals surface area contributed by atoms with Crippen molar-refractivity contribution < 1.29 is 4.39 Å². The number of rotatable bonds is 4. The highest BCUT2D eigenvalue weighted by Gasteiger charge is 2.18. The fraction of sp³-hybridized carbons (Fsp3) is 0.333. The highest BCUT2D eigenvalue weighted by Crippen LogP contribution is 2.22. The largest absolute Gasteiger partial charge is 0.399 e. The molecule has 0 bridgehead atoms. The summed E-state index contributed by atoms with van der Waals surface area (Å²) < 4.78 is 14.2. The normalized spacial score (nSPS) is 10.8. The van der Waals surface area contributed by atoms with E-state index in [9.17, 15) is 4.39 Å². The zero-order valence-electron chi connectivity index (χ0n) is 12.0. The van der Waals surface area contributed by atoms with Crippen LogP contribution in [0.4, 0.5) is 15.9 Å². The highest BCUT2D eigenvalue weighted by atomic mass is 19.1. The Bertz CT molecular complexity index is 598. The number of nitrogen functional groups attached to an aromatic ring is 1. The van der Waals surface area contributed by atoms with Gasteiger partial charge in [0.25, 0.3) is 0 Å². The van der Waals surface area contributed by atoms with Gasteiger partial charge in [0.05, 0.1) is 5.69 Å². The molecule has 1 aromatic carbocycles. The van der Waals surface area contributed by atoms with Crippen molar-refractivity contribution in [3.63, 3.8) is 0 Å². The molecular formula is C15H19FN4. The molecule has 20 heavy (non-hydrogen) atoms. The van der Waals surface area contributed by atoms with E-state index < -0.39 is 0 Å². The van der Waals surface area contributed by atoms with Crippen LogP contribution in [0.2, 0.25) is 0 Å². The standard InChI is InChI=1S/C15H19FN4/c1-10(2)20(8-12-5-4-6-13(17)7-12)15-14(16)11(3)18-9-19-15/h4-7,9-10H,8,17H2,1-3H3. The minimum absolute atomic E-state index is 0.111. The highest BCUT2D eigenvalue weighted by molar-refractivity contribution is 5.45. The number of nitrogens with zero attached hydrogens (tertiary/aromatic N) is 3. The average molecular weight is 274 g/mol. The second-order valence-corrected chi connectivity index (χ2v) is 5.06. The van der Waals surface area contributed by atoms with E-state index in [-0.39, 0.29) is 11.9 Å². The quantitative estimate of drug-likeness (QED) is 0.871. The minimum atomic E-state index is -0.370. The Labute approximate surface area is 118 Å². The molecule has 2 N–H and O–H groups in total. The third-order valence-electron chi connectivity index (χ3n) is 3.14. The molecule has 1 heterocycles. The summed E-state index contributed by atoms with van der Waals surface area (Å²) >= 11 is 0. The Morgan fingerprint density at radius 1 is 1.30 bits per heavy atom. The molecule has 0 saturated carbocycles. The maximum Gasteiger partial charge on any atom is 0.186 e. The van der Waals surface area contributed by atoms with Gasteiger partial charge in [-0.2, -0.15) is 0 Å². The van der Waals surface area contributed by atoms with E-state index in [0.29, 0.717) is 23.7 Å². The molecule has 2 rings (SSSR count). The summed E-state index contributed by atoms with van der Waals surface area (Å²) in [5.41, 5.74) is 7.86. The summed E-state index contributed by atoms with van der Waals surface area (Å²) in [6, 6.07) is 7.70. The first-order valence-electron chi connectivity index (χ1n) is 6.57. The maximum absolute atomic E-state index is 14.2. The summed E-state index contributed by atoms with van der Waals surface area (Å²) in [7, 11) is 0. The predicted molar refractivity (Wildman–Crippen MR) is 78.9 cm³/mol. The van der Waals surface area contributed by atoms with Gasteiger partial charge in [0.15, 0.2) is 11.6 Å². The molecule has 0 aliphatic carbocycles. The smallest absolute Gasteiger partial charge is 0.186 e. The van der Waals surface area contributed by atoms with Crippen molar-refractivity contribution >= 4 is 11.5 Å². The number of aryl methyl sites for hydroxylation is 1. The first kappa shape index (κ1) is 14.2. The Balaban J connectivity index is 2.35. The summed E-state index contributed by atoms with van der Waals surface area (Å²) in [5, 5.41) is 0. The van der Waals surface area contributed by atoms with E-state index in [2.05, 4.69) is 9.97 Å². The van der Waals surface area contributed by atoms with Gasteiger partial charge in [0.2, 0.25) is 0 Å². The monoisotopic (exact) mass is 274 g/mol. The van der Waals surface area contributed by atoms with E-state index in [1.54, 1.807) is 6.92 Å². The number of nitrogens with two attached hydrogens (primary N) is 1. The van der Waals surface area contributed by atoms with Gasteiger partial charge in [-0.1, -0.05) is 12.1 Å². The second-order valence-electron chi connectivity index (χ2n) is 5.06. The van der Waals surface area contributed by atoms with Crippen molar-refractivity contribution in [2.24, 2.45) is 0 Å². The number of anilines is 2. The van der Waals surface area contributed by atoms with Crippen molar-refractivity contribution in [3.05, 3.63) is 47.7 Å². The molecule has 0 aliphatic rings. The Hall–Kier alpha value is -2.17. The maximum atomic E-state index is 14.2. The Kier molecular flexibility index (Phi) is 4.17. The third-order valence-corrected chi connectivity index (χ3v) is 3.14. The van der Waals surface area contributed by atoms with Crippen molar-refractivity contribution in [1.82, 2.24) is 9.97 Å². The van der Waals surface area contributed by atoms with Gasteiger partial charge < -0.3 is 10.6 Å². The molecule has 0 unspecified atom stereocenters. The van der Waals surface area contributed by atoms with Gasteiger partial charge >= 0.3 is 0 Å². The number of hydrogen-bond acceptors (Lipinski definition) is 4. The van der Waals surface area contributed by atoms with Crippen LogP contribution in [0.15, 0.2) is 30.6 Å². The van der Waals surface area contributed by atoms with Crippen LogP contribution in [0.3, 0.4) is 0 Å². The molecule has 4 nitrogen and oxygen atoms in total. The molecule has 0 amide bonds.